The van der Waals surface area contributed by atoms with Crippen molar-refractivity contribution in [2.75, 3.05) is 26.2 Å². The van der Waals surface area contributed by atoms with Gasteiger partial charge in [0.15, 0.2) is 0 Å². The second-order valence-corrected chi connectivity index (χ2v) is 9.19. The third kappa shape index (κ3) is 5.46. The maximum Gasteiger partial charge on any atom is 0.324 e. The van der Waals surface area contributed by atoms with Crippen LogP contribution in [0.25, 0.3) is 0 Å². The van der Waals surface area contributed by atoms with E-state index >= 15 is 0 Å². The molecule has 30 heavy (non-hydrogen) atoms. The van der Waals surface area contributed by atoms with Crippen molar-refractivity contribution in [3.05, 3.63) is 28.3 Å². The summed E-state index contributed by atoms with van der Waals surface area (Å²) in [5.74, 6) is 1.44. The topological polar surface area (TPSA) is 70.7 Å². The zero-order valence-electron chi connectivity index (χ0n) is 17.6. The summed E-state index contributed by atoms with van der Waals surface area (Å²) in [5, 5.41) is 6.79. The number of carbonyl (C=O) groups excluding carboxylic acids is 2. The van der Waals surface area contributed by atoms with Crippen LogP contribution in [0.15, 0.2) is 12.1 Å². The number of fused-ring (bicyclic) bond motifs is 1. The number of amides is 3. The molecule has 2 fully saturated rings. The molecule has 1 saturated heterocycles. The molecule has 3 amide bonds. The first-order valence-electron chi connectivity index (χ1n) is 11.4. The highest BCUT2D eigenvalue weighted by atomic mass is 35.5. The first-order valence-corrected chi connectivity index (χ1v) is 11.8. The van der Waals surface area contributed by atoms with Crippen molar-refractivity contribution < 1.29 is 14.3 Å². The van der Waals surface area contributed by atoms with Gasteiger partial charge in [-0.3, -0.25) is 10.1 Å². The first-order chi connectivity index (χ1) is 14.6. The van der Waals surface area contributed by atoms with Crippen LogP contribution in [0.3, 0.4) is 0 Å². The third-order valence-electron chi connectivity index (χ3n) is 6.32. The Kier molecular flexibility index (Phi) is 7.16. The Balaban J connectivity index is 1.19. The van der Waals surface area contributed by atoms with Crippen LogP contribution in [0.1, 0.15) is 68.5 Å². The Bertz CT molecular complexity index is 781. The van der Waals surface area contributed by atoms with Gasteiger partial charge in [-0.1, -0.05) is 30.5 Å². The standard InChI is InChI=1S/C23H32ClN3O3/c24-19-11-10-17-18(22(19)30-15-16-8-9-16)6-5-7-20(17)25-12-3-1-2-4-13-27-14-21(28)26-23(27)29/h10-11,16,20,25H,1-9,12-15H2,(H,26,28,29). The molecule has 1 atom stereocenters. The number of halogens is 1. The van der Waals surface area contributed by atoms with Gasteiger partial charge in [-0.25, -0.2) is 4.79 Å². The Morgan fingerprint density at radius 3 is 2.73 bits per heavy atom. The molecule has 6 nitrogen and oxygen atoms in total. The molecule has 7 heteroatoms. The number of carbonyl (C=O) groups is 2. The van der Waals surface area contributed by atoms with Crippen molar-refractivity contribution in [3.8, 4) is 5.75 Å². The predicted octanol–water partition coefficient (Wildman–Crippen LogP) is 4.21. The molecule has 0 spiro atoms. The largest absolute Gasteiger partial charge is 0.491 e. The summed E-state index contributed by atoms with van der Waals surface area (Å²) >= 11 is 6.46. The van der Waals surface area contributed by atoms with Crippen molar-refractivity contribution in [1.29, 1.82) is 0 Å². The quantitative estimate of drug-likeness (QED) is 0.405. The molecule has 0 radical (unpaired) electrons. The Morgan fingerprint density at radius 1 is 1.13 bits per heavy atom. The van der Waals surface area contributed by atoms with Crippen LogP contribution >= 0.6 is 11.6 Å². The van der Waals surface area contributed by atoms with E-state index in [1.165, 1.54) is 24.0 Å². The minimum atomic E-state index is -0.252. The van der Waals surface area contributed by atoms with E-state index in [-0.39, 0.29) is 18.5 Å². The summed E-state index contributed by atoms with van der Waals surface area (Å²) in [6.45, 7) is 2.64. The van der Waals surface area contributed by atoms with Gasteiger partial charge in [0.25, 0.3) is 0 Å². The molecule has 4 rings (SSSR count). The molecule has 1 saturated carbocycles. The lowest BCUT2D eigenvalue weighted by Crippen LogP contribution is -2.29. The van der Waals surface area contributed by atoms with Gasteiger partial charge in [0.2, 0.25) is 5.91 Å². The molecule has 0 bridgehead atoms. The Morgan fingerprint density at radius 2 is 1.97 bits per heavy atom. The second kappa shape index (κ2) is 10.0. The fraction of sp³-hybridized carbons (Fsp3) is 0.652. The highest BCUT2D eigenvalue weighted by Gasteiger charge is 2.27. The van der Waals surface area contributed by atoms with Gasteiger partial charge >= 0.3 is 6.03 Å². The number of hydrogen-bond donors (Lipinski definition) is 2. The molecular weight excluding hydrogens is 402 g/mol. The number of imide groups is 1. The number of urea groups is 1. The van der Waals surface area contributed by atoms with Crippen molar-refractivity contribution in [2.24, 2.45) is 5.92 Å². The van der Waals surface area contributed by atoms with E-state index in [1.54, 1.807) is 4.90 Å². The number of unbranched alkanes of at least 4 members (excludes halogenated alkanes) is 3. The van der Waals surface area contributed by atoms with E-state index in [0.717, 1.165) is 74.8 Å². The maximum atomic E-state index is 11.5. The zero-order chi connectivity index (χ0) is 20.9. The molecule has 1 aromatic carbocycles. The van der Waals surface area contributed by atoms with E-state index < -0.39 is 0 Å². The van der Waals surface area contributed by atoms with Crippen LogP contribution in [0.5, 0.6) is 5.75 Å². The van der Waals surface area contributed by atoms with Crippen LogP contribution in [-0.4, -0.2) is 43.1 Å². The number of benzene rings is 1. The molecule has 0 aromatic heterocycles. The minimum absolute atomic E-state index is 0.195. The van der Waals surface area contributed by atoms with Crippen molar-refractivity contribution in [3.63, 3.8) is 0 Å². The monoisotopic (exact) mass is 433 g/mol. The van der Waals surface area contributed by atoms with Gasteiger partial charge in [-0.2, -0.15) is 0 Å². The van der Waals surface area contributed by atoms with Crippen LogP contribution in [0.2, 0.25) is 5.02 Å². The fourth-order valence-electron chi connectivity index (χ4n) is 4.41. The highest BCUT2D eigenvalue weighted by molar-refractivity contribution is 6.32. The number of rotatable bonds is 11. The lowest BCUT2D eigenvalue weighted by atomic mass is 9.87. The molecule has 164 valence electrons. The number of ether oxygens (including phenoxy) is 1. The van der Waals surface area contributed by atoms with E-state index in [0.29, 0.717) is 12.6 Å². The van der Waals surface area contributed by atoms with Crippen LogP contribution < -0.4 is 15.4 Å². The summed E-state index contributed by atoms with van der Waals surface area (Å²) in [7, 11) is 0. The average Bonchev–Trinajstić information content (AvgIpc) is 3.50. The molecule has 1 unspecified atom stereocenters. The van der Waals surface area contributed by atoms with Crippen LogP contribution in [0, 0.1) is 5.92 Å². The summed E-state index contributed by atoms with van der Waals surface area (Å²) < 4.78 is 6.12. The van der Waals surface area contributed by atoms with Crippen LogP contribution in [-0.2, 0) is 11.2 Å². The summed E-state index contributed by atoms with van der Waals surface area (Å²) in [6.07, 6.45) is 10.1. The average molecular weight is 434 g/mol. The van der Waals surface area contributed by atoms with Crippen molar-refractivity contribution in [1.82, 2.24) is 15.5 Å². The number of hydrogen-bond acceptors (Lipinski definition) is 4. The lowest BCUT2D eigenvalue weighted by Gasteiger charge is -2.28. The lowest BCUT2D eigenvalue weighted by molar-refractivity contribution is -0.118. The zero-order valence-corrected chi connectivity index (χ0v) is 18.3. The van der Waals surface area contributed by atoms with E-state index in [1.807, 2.05) is 6.07 Å². The van der Waals surface area contributed by atoms with Gasteiger partial charge in [0.1, 0.15) is 12.3 Å². The molecule has 1 heterocycles. The van der Waals surface area contributed by atoms with Crippen molar-refractivity contribution in [2.45, 2.75) is 63.8 Å². The Labute approximate surface area is 183 Å². The fourth-order valence-corrected chi connectivity index (χ4v) is 4.64. The predicted molar refractivity (Wildman–Crippen MR) is 117 cm³/mol. The van der Waals surface area contributed by atoms with E-state index in [4.69, 9.17) is 16.3 Å². The number of nitrogens with zero attached hydrogens (tertiary/aromatic N) is 1. The Hall–Kier alpha value is -1.79. The molecular formula is C23H32ClN3O3. The van der Waals surface area contributed by atoms with Gasteiger partial charge < -0.3 is 15.0 Å². The molecule has 2 N–H and O–H groups in total. The van der Waals surface area contributed by atoms with E-state index in [9.17, 15) is 9.59 Å². The summed E-state index contributed by atoms with van der Waals surface area (Å²) in [6, 6.07) is 4.27. The minimum Gasteiger partial charge on any atom is -0.491 e. The van der Waals surface area contributed by atoms with Gasteiger partial charge in [-0.05, 0) is 69.0 Å². The van der Waals surface area contributed by atoms with Crippen LogP contribution in [0.4, 0.5) is 4.79 Å². The third-order valence-corrected chi connectivity index (χ3v) is 6.62. The molecule has 2 aliphatic carbocycles. The maximum absolute atomic E-state index is 11.5. The summed E-state index contributed by atoms with van der Waals surface area (Å²) in [5.41, 5.74) is 2.64. The van der Waals surface area contributed by atoms with E-state index in [2.05, 4.69) is 16.7 Å². The molecule has 1 aromatic rings. The molecule has 3 aliphatic rings. The first kappa shape index (κ1) is 21.4. The normalized spacial score (nSPS) is 21.0. The second-order valence-electron chi connectivity index (χ2n) is 8.79. The van der Waals surface area contributed by atoms with Gasteiger partial charge in [0, 0.05) is 18.2 Å². The number of nitrogens with one attached hydrogen (secondary N) is 2. The summed E-state index contributed by atoms with van der Waals surface area (Å²) in [4.78, 5) is 24.3. The van der Waals surface area contributed by atoms with Gasteiger partial charge in [-0.15, -0.1) is 0 Å². The van der Waals surface area contributed by atoms with Crippen molar-refractivity contribution >= 4 is 23.5 Å². The SMILES string of the molecule is O=C1CN(CCCCCCNC2CCCc3c2ccc(Cl)c3OCC2CC2)C(=O)N1. The smallest absolute Gasteiger partial charge is 0.324 e. The highest BCUT2D eigenvalue weighted by Crippen LogP contribution is 2.41. The molecule has 1 aliphatic heterocycles. The van der Waals surface area contributed by atoms with Gasteiger partial charge in [0.05, 0.1) is 11.6 Å².